The average Bonchev–Trinajstić information content (AvgIpc) is 3.00. The molecule has 2 aliphatic carbocycles. The second-order valence-corrected chi connectivity index (χ2v) is 7.82. The number of benzene rings is 1. The number of hydrogen-bond donors (Lipinski definition) is 2. The first-order valence-corrected chi connectivity index (χ1v) is 8.89. The van der Waals surface area contributed by atoms with Gasteiger partial charge < -0.3 is 5.32 Å². The number of rotatable bonds is 4. The molecule has 3 atom stereocenters. The third-order valence-electron chi connectivity index (χ3n) is 4.78. The maximum absolute atomic E-state index is 12.1. The van der Waals surface area contributed by atoms with Crippen LogP contribution in [0.4, 0.5) is 5.69 Å². The summed E-state index contributed by atoms with van der Waals surface area (Å²) in [5, 5.41) is 7.87. The quantitative estimate of drug-likeness (QED) is 0.892. The smallest absolute Gasteiger partial charge is 0.238 e. The van der Waals surface area contributed by atoms with Gasteiger partial charge >= 0.3 is 0 Å². The number of carbonyl (C=O) groups excluding carboxylic acids is 1. The van der Waals surface area contributed by atoms with Crippen molar-refractivity contribution in [3.8, 4) is 0 Å². The van der Waals surface area contributed by atoms with Gasteiger partial charge in [0.1, 0.15) is 0 Å². The van der Waals surface area contributed by atoms with Crippen molar-refractivity contribution >= 4 is 21.6 Å². The second-order valence-electron chi connectivity index (χ2n) is 6.26. The summed E-state index contributed by atoms with van der Waals surface area (Å²) < 4.78 is 22.6. The van der Waals surface area contributed by atoms with Crippen LogP contribution in [0.25, 0.3) is 0 Å². The highest BCUT2D eigenvalue weighted by Crippen LogP contribution is 2.49. The van der Waals surface area contributed by atoms with Crippen LogP contribution in [0.3, 0.4) is 0 Å². The molecule has 21 heavy (non-hydrogen) atoms. The van der Waals surface area contributed by atoms with Gasteiger partial charge in [-0.3, -0.25) is 4.79 Å². The van der Waals surface area contributed by atoms with Crippen molar-refractivity contribution in [1.29, 1.82) is 0 Å². The molecule has 3 rings (SSSR count). The molecule has 1 amide bonds. The molecule has 3 N–H and O–H groups in total. The van der Waals surface area contributed by atoms with E-state index in [-0.39, 0.29) is 10.8 Å². The third-order valence-corrected chi connectivity index (χ3v) is 5.69. The van der Waals surface area contributed by atoms with Gasteiger partial charge in [0, 0.05) is 12.1 Å². The minimum atomic E-state index is -3.74. The maximum atomic E-state index is 12.1. The van der Waals surface area contributed by atoms with E-state index in [1.54, 1.807) is 12.1 Å². The summed E-state index contributed by atoms with van der Waals surface area (Å²) >= 11 is 0. The molecule has 0 spiro atoms. The van der Waals surface area contributed by atoms with Crippen LogP contribution in [0, 0.1) is 17.8 Å². The summed E-state index contributed by atoms with van der Waals surface area (Å²) in [6.45, 7) is 0. The highest BCUT2D eigenvalue weighted by Gasteiger charge is 2.40. The van der Waals surface area contributed by atoms with E-state index in [4.69, 9.17) is 5.14 Å². The first kappa shape index (κ1) is 14.5. The van der Waals surface area contributed by atoms with Crippen LogP contribution in [0.1, 0.15) is 32.1 Å². The lowest BCUT2D eigenvalue weighted by molar-refractivity contribution is -0.117. The third kappa shape index (κ3) is 3.27. The molecule has 2 fully saturated rings. The number of nitrogens with one attached hydrogen (secondary N) is 1. The maximum Gasteiger partial charge on any atom is 0.238 e. The zero-order chi connectivity index (χ0) is 15.0. The fraction of sp³-hybridized carbons (Fsp3) is 0.533. The van der Waals surface area contributed by atoms with Crippen molar-refractivity contribution in [3.63, 3.8) is 0 Å². The van der Waals surface area contributed by atoms with Gasteiger partial charge in [0.15, 0.2) is 0 Å². The predicted molar refractivity (Wildman–Crippen MR) is 80.0 cm³/mol. The van der Waals surface area contributed by atoms with Crippen molar-refractivity contribution in [2.75, 3.05) is 5.32 Å². The molecule has 0 aliphatic heterocycles. The molecule has 0 radical (unpaired) electrons. The molecular weight excluding hydrogens is 288 g/mol. The topological polar surface area (TPSA) is 89.3 Å². The van der Waals surface area contributed by atoms with E-state index in [9.17, 15) is 13.2 Å². The van der Waals surface area contributed by atoms with Crippen LogP contribution in [0.2, 0.25) is 0 Å². The summed E-state index contributed by atoms with van der Waals surface area (Å²) in [5.41, 5.74) is 0.481. The zero-order valence-electron chi connectivity index (χ0n) is 11.8. The van der Waals surface area contributed by atoms with Crippen molar-refractivity contribution in [2.45, 2.75) is 37.0 Å². The average molecular weight is 308 g/mol. The molecule has 1 aromatic rings. The van der Waals surface area contributed by atoms with Crippen LogP contribution in [0.15, 0.2) is 29.2 Å². The van der Waals surface area contributed by atoms with Gasteiger partial charge in [-0.15, -0.1) is 0 Å². The number of hydrogen-bond acceptors (Lipinski definition) is 3. The van der Waals surface area contributed by atoms with Crippen molar-refractivity contribution < 1.29 is 13.2 Å². The lowest BCUT2D eigenvalue weighted by Gasteiger charge is -2.20. The zero-order valence-corrected chi connectivity index (χ0v) is 12.6. The fourth-order valence-electron chi connectivity index (χ4n) is 3.83. The monoisotopic (exact) mass is 308 g/mol. The number of primary sulfonamides is 1. The van der Waals surface area contributed by atoms with Gasteiger partial charge in [-0.25, -0.2) is 13.6 Å². The predicted octanol–water partition coefficient (Wildman–Crippen LogP) is 2.10. The Morgan fingerprint density at radius 2 is 2.10 bits per heavy atom. The van der Waals surface area contributed by atoms with E-state index >= 15 is 0 Å². The Labute approximate surface area is 125 Å². The Morgan fingerprint density at radius 1 is 1.29 bits per heavy atom. The van der Waals surface area contributed by atoms with Crippen LogP contribution in [-0.2, 0) is 14.8 Å². The second kappa shape index (κ2) is 5.42. The molecule has 5 nitrogen and oxygen atoms in total. The van der Waals surface area contributed by atoms with E-state index in [1.807, 2.05) is 0 Å². The molecule has 2 saturated carbocycles. The first-order chi connectivity index (χ1) is 9.91. The SMILES string of the molecule is NS(=O)(=O)c1cccc(NC(=O)C[C@@H]2C[C@H]3CC[C@@H]2C3)c1. The Balaban J connectivity index is 1.62. The van der Waals surface area contributed by atoms with E-state index in [1.165, 1.54) is 31.4 Å². The summed E-state index contributed by atoms with van der Waals surface area (Å²) in [6, 6.07) is 6.06. The van der Waals surface area contributed by atoms with E-state index < -0.39 is 10.0 Å². The molecule has 114 valence electrons. The van der Waals surface area contributed by atoms with Crippen LogP contribution < -0.4 is 10.5 Å². The minimum Gasteiger partial charge on any atom is -0.326 e. The van der Waals surface area contributed by atoms with E-state index in [2.05, 4.69) is 5.32 Å². The number of fused-ring (bicyclic) bond motifs is 2. The highest BCUT2D eigenvalue weighted by molar-refractivity contribution is 7.89. The van der Waals surface area contributed by atoms with Crippen molar-refractivity contribution in [3.05, 3.63) is 24.3 Å². The van der Waals surface area contributed by atoms with Gasteiger partial charge in [-0.2, -0.15) is 0 Å². The largest absolute Gasteiger partial charge is 0.326 e. The molecule has 6 heteroatoms. The van der Waals surface area contributed by atoms with E-state index in [0.29, 0.717) is 23.9 Å². The van der Waals surface area contributed by atoms with Gasteiger partial charge in [0.2, 0.25) is 15.9 Å². The molecular formula is C15H20N2O3S. The summed E-state index contributed by atoms with van der Waals surface area (Å²) in [4.78, 5) is 12.1. The van der Waals surface area contributed by atoms with Gasteiger partial charge in [0.25, 0.3) is 0 Å². The first-order valence-electron chi connectivity index (χ1n) is 7.34. The standard InChI is InChI=1S/C15H20N2O3S/c16-21(19,20)14-3-1-2-13(9-14)17-15(18)8-12-7-10-4-5-11(12)6-10/h1-3,9-12H,4-8H2,(H,17,18)(H2,16,19,20)/t10-,11+,12-/m0/s1. The Kier molecular flexibility index (Phi) is 3.75. The number of sulfonamides is 1. The van der Waals surface area contributed by atoms with Gasteiger partial charge in [0.05, 0.1) is 4.90 Å². The lowest BCUT2D eigenvalue weighted by atomic mass is 9.86. The lowest BCUT2D eigenvalue weighted by Crippen LogP contribution is -2.20. The van der Waals surface area contributed by atoms with Crippen molar-refractivity contribution in [1.82, 2.24) is 0 Å². The van der Waals surface area contributed by atoms with Gasteiger partial charge in [-0.1, -0.05) is 12.5 Å². The summed E-state index contributed by atoms with van der Waals surface area (Å²) in [6.07, 6.45) is 5.54. The van der Waals surface area contributed by atoms with Crippen LogP contribution in [0.5, 0.6) is 0 Å². The van der Waals surface area contributed by atoms with E-state index in [0.717, 1.165) is 12.3 Å². The van der Waals surface area contributed by atoms with Gasteiger partial charge in [-0.05, 0) is 55.2 Å². The minimum absolute atomic E-state index is 0.0141. The highest BCUT2D eigenvalue weighted by atomic mass is 32.2. The van der Waals surface area contributed by atoms with Crippen LogP contribution >= 0.6 is 0 Å². The number of carbonyl (C=O) groups is 1. The molecule has 1 aromatic carbocycles. The number of amides is 1. The molecule has 2 bridgehead atoms. The number of nitrogens with two attached hydrogens (primary N) is 1. The molecule has 0 unspecified atom stereocenters. The number of anilines is 1. The normalized spacial score (nSPS) is 27.8. The Morgan fingerprint density at radius 3 is 2.71 bits per heavy atom. The Bertz CT molecular complexity index is 657. The molecule has 0 heterocycles. The molecule has 2 aliphatic rings. The Hall–Kier alpha value is -1.40. The summed E-state index contributed by atoms with van der Waals surface area (Å²) in [7, 11) is -3.74. The van der Waals surface area contributed by atoms with Crippen LogP contribution in [-0.4, -0.2) is 14.3 Å². The van der Waals surface area contributed by atoms with Crippen molar-refractivity contribution in [2.24, 2.45) is 22.9 Å². The fourth-order valence-corrected chi connectivity index (χ4v) is 4.39. The molecule has 0 saturated heterocycles. The summed E-state index contributed by atoms with van der Waals surface area (Å²) in [5.74, 6) is 1.97. The molecule has 0 aromatic heterocycles.